The van der Waals surface area contributed by atoms with Gasteiger partial charge in [0.25, 0.3) is 0 Å². The molecule has 0 aliphatic rings. The van der Waals surface area contributed by atoms with Gasteiger partial charge in [-0.2, -0.15) is 0 Å². The second-order valence-corrected chi connectivity index (χ2v) is 5.34. The van der Waals surface area contributed by atoms with E-state index in [0.717, 1.165) is 26.1 Å². The van der Waals surface area contributed by atoms with Gasteiger partial charge in [-0.05, 0) is 24.8 Å². The zero-order valence-electron chi connectivity index (χ0n) is 10.4. The fourth-order valence-electron chi connectivity index (χ4n) is 1.61. The van der Waals surface area contributed by atoms with E-state index in [1.54, 1.807) is 18.4 Å². The van der Waals surface area contributed by atoms with E-state index < -0.39 is 0 Å². The van der Waals surface area contributed by atoms with Crippen LogP contribution in [0.25, 0.3) is 0 Å². The zero-order chi connectivity index (χ0) is 11.8. The van der Waals surface area contributed by atoms with Crippen molar-refractivity contribution in [1.82, 2.24) is 10.3 Å². The van der Waals surface area contributed by atoms with E-state index in [1.807, 2.05) is 11.7 Å². The highest BCUT2D eigenvalue weighted by Gasteiger charge is 2.14. The standard InChI is InChI=1S/C12H22N2OS/c1-10(2)11(7-13-4-5-15-3)6-12-8-14-9-16-12/h8-11,13H,4-7H2,1-3H3. The Hall–Kier alpha value is -0.450. The first-order valence-corrected chi connectivity index (χ1v) is 6.69. The molecule has 16 heavy (non-hydrogen) atoms. The Balaban J connectivity index is 2.30. The highest BCUT2D eigenvalue weighted by atomic mass is 32.1. The second-order valence-electron chi connectivity index (χ2n) is 4.37. The van der Waals surface area contributed by atoms with E-state index in [4.69, 9.17) is 4.74 Å². The number of thiazole rings is 1. The lowest BCUT2D eigenvalue weighted by Crippen LogP contribution is -2.29. The van der Waals surface area contributed by atoms with Crippen LogP contribution in [0.1, 0.15) is 18.7 Å². The SMILES string of the molecule is COCCNCC(Cc1cncs1)C(C)C. The number of methoxy groups -OCH3 is 1. The van der Waals surface area contributed by atoms with Gasteiger partial charge in [0.05, 0.1) is 12.1 Å². The summed E-state index contributed by atoms with van der Waals surface area (Å²) < 4.78 is 5.02. The number of aromatic nitrogens is 1. The first-order valence-electron chi connectivity index (χ1n) is 5.81. The van der Waals surface area contributed by atoms with E-state index in [-0.39, 0.29) is 0 Å². The van der Waals surface area contributed by atoms with Gasteiger partial charge < -0.3 is 10.1 Å². The largest absolute Gasteiger partial charge is 0.383 e. The second kappa shape index (κ2) is 7.76. The minimum Gasteiger partial charge on any atom is -0.383 e. The summed E-state index contributed by atoms with van der Waals surface area (Å²) in [5.74, 6) is 1.37. The number of nitrogens with one attached hydrogen (secondary N) is 1. The normalized spacial score (nSPS) is 13.2. The van der Waals surface area contributed by atoms with Crippen molar-refractivity contribution in [3.63, 3.8) is 0 Å². The van der Waals surface area contributed by atoms with Crippen LogP contribution < -0.4 is 5.32 Å². The van der Waals surface area contributed by atoms with Crippen molar-refractivity contribution < 1.29 is 4.74 Å². The van der Waals surface area contributed by atoms with Gasteiger partial charge in [-0.15, -0.1) is 11.3 Å². The fourth-order valence-corrected chi connectivity index (χ4v) is 2.30. The van der Waals surface area contributed by atoms with E-state index >= 15 is 0 Å². The molecule has 1 aromatic heterocycles. The first kappa shape index (κ1) is 13.6. The number of ether oxygens (including phenoxy) is 1. The molecule has 0 saturated carbocycles. The Kier molecular flexibility index (Phi) is 6.61. The van der Waals surface area contributed by atoms with Crippen LogP contribution in [0.5, 0.6) is 0 Å². The maximum absolute atomic E-state index is 5.02. The Labute approximate surface area is 102 Å². The molecule has 1 rings (SSSR count). The van der Waals surface area contributed by atoms with E-state index in [2.05, 4.69) is 24.1 Å². The fraction of sp³-hybridized carbons (Fsp3) is 0.750. The van der Waals surface area contributed by atoms with Gasteiger partial charge >= 0.3 is 0 Å². The van der Waals surface area contributed by atoms with Gasteiger partial charge in [-0.1, -0.05) is 13.8 Å². The molecule has 0 amide bonds. The molecule has 0 bridgehead atoms. The van der Waals surface area contributed by atoms with Crippen LogP contribution in [-0.4, -0.2) is 31.8 Å². The third-order valence-corrected chi connectivity index (χ3v) is 3.58. The Bertz CT molecular complexity index is 262. The molecule has 0 radical (unpaired) electrons. The summed E-state index contributed by atoms with van der Waals surface area (Å²) in [7, 11) is 1.74. The van der Waals surface area contributed by atoms with Crippen LogP contribution in [0.3, 0.4) is 0 Å². The van der Waals surface area contributed by atoms with Crippen LogP contribution in [0.2, 0.25) is 0 Å². The minimum atomic E-state index is 0.678. The molecule has 0 spiro atoms. The first-order chi connectivity index (χ1) is 7.74. The monoisotopic (exact) mass is 242 g/mol. The molecule has 0 aromatic carbocycles. The van der Waals surface area contributed by atoms with Crippen molar-refractivity contribution in [1.29, 1.82) is 0 Å². The molecule has 0 fully saturated rings. The van der Waals surface area contributed by atoms with Crippen molar-refractivity contribution in [3.05, 3.63) is 16.6 Å². The summed E-state index contributed by atoms with van der Waals surface area (Å²) in [5, 5.41) is 3.44. The number of hydrogen-bond donors (Lipinski definition) is 1. The number of rotatable bonds is 8. The van der Waals surface area contributed by atoms with Crippen molar-refractivity contribution in [3.8, 4) is 0 Å². The van der Waals surface area contributed by atoms with Crippen LogP contribution >= 0.6 is 11.3 Å². The molecule has 4 heteroatoms. The van der Waals surface area contributed by atoms with Crippen LogP contribution in [0.15, 0.2) is 11.7 Å². The quantitative estimate of drug-likeness (QED) is 0.710. The van der Waals surface area contributed by atoms with E-state index in [1.165, 1.54) is 4.88 Å². The molecule has 0 aliphatic heterocycles. The minimum absolute atomic E-state index is 0.678. The lowest BCUT2D eigenvalue weighted by Gasteiger charge is -2.20. The zero-order valence-corrected chi connectivity index (χ0v) is 11.2. The lowest BCUT2D eigenvalue weighted by molar-refractivity contribution is 0.196. The van der Waals surface area contributed by atoms with Gasteiger partial charge in [-0.25, -0.2) is 0 Å². The van der Waals surface area contributed by atoms with E-state index in [9.17, 15) is 0 Å². The highest BCUT2D eigenvalue weighted by Crippen LogP contribution is 2.18. The predicted octanol–water partition coefficient (Wildman–Crippen LogP) is 2.19. The Morgan fingerprint density at radius 1 is 1.50 bits per heavy atom. The summed E-state index contributed by atoms with van der Waals surface area (Å²) in [4.78, 5) is 5.50. The molecular formula is C12H22N2OS. The van der Waals surface area contributed by atoms with Crippen molar-refractivity contribution in [2.24, 2.45) is 11.8 Å². The van der Waals surface area contributed by atoms with Crippen LogP contribution in [-0.2, 0) is 11.2 Å². The predicted molar refractivity (Wildman–Crippen MR) is 68.9 cm³/mol. The molecule has 3 nitrogen and oxygen atoms in total. The summed E-state index contributed by atoms with van der Waals surface area (Å²) in [6.45, 7) is 7.33. The van der Waals surface area contributed by atoms with Gasteiger partial charge in [0.2, 0.25) is 0 Å². The maximum Gasteiger partial charge on any atom is 0.0794 e. The summed E-state index contributed by atoms with van der Waals surface area (Å²) >= 11 is 1.75. The molecule has 92 valence electrons. The van der Waals surface area contributed by atoms with Gasteiger partial charge in [0.1, 0.15) is 0 Å². The van der Waals surface area contributed by atoms with Crippen molar-refractivity contribution >= 4 is 11.3 Å². The molecule has 1 atom stereocenters. The molecule has 1 unspecified atom stereocenters. The summed E-state index contributed by atoms with van der Waals surface area (Å²) in [6, 6.07) is 0. The van der Waals surface area contributed by atoms with Crippen molar-refractivity contribution in [2.45, 2.75) is 20.3 Å². The van der Waals surface area contributed by atoms with Crippen LogP contribution in [0.4, 0.5) is 0 Å². The van der Waals surface area contributed by atoms with Gasteiger partial charge in [0, 0.05) is 24.7 Å². The van der Waals surface area contributed by atoms with Crippen LogP contribution in [0, 0.1) is 11.8 Å². The average Bonchev–Trinajstić information content (AvgIpc) is 2.75. The average molecular weight is 242 g/mol. The summed E-state index contributed by atoms with van der Waals surface area (Å²) in [6.07, 6.45) is 3.11. The maximum atomic E-state index is 5.02. The molecule has 1 aromatic rings. The highest BCUT2D eigenvalue weighted by molar-refractivity contribution is 7.09. The third kappa shape index (κ3) is 5.05. The number of nitrogens with zero attached hydrogens (tertiary/aromatic N) is 1. The van der Waals surface area contributed by atoms with Gasteiger partial charge in [-0.3, -0.25) is 4.98 Å². The Morgan fingerprint density at radius 2 is 2.31 bits per heavy atom. The molecule has 0 aliphatic carbocycles. The lowest BCUT2D eigenvalue weighted by atomic mass is 9.92. The summed E-state index contributed by atoms with van der Waals surface area (Å²) in [5.41, 5.74) is 1.91. The molecule has 1 heterocycles. The van der Waals surface area contributed by atoms with Crippen molar-refractivity contribution in [2.75, 3.05) is 26.8 Å². The third-order valence-electron chi connectivity index (χ3n) is 2.78. The van der Waals surface area contributed by atoms with E-state index in [0.29, 0.717) is 11.8 Å². The topological polar surface area (TPSA) is 34.1 Å². The molecule has 1 N–H and O–H groups in total. The molecular weight excluding hydrogens is 220 g/mol. The van der Waals surface area contributed by atoms with Gasteiger partial charge in [0.15, 0.2) is 0 Å². The number of hydrogen-bond acceptors (Lipinski definition) is 4. The Morgan fingerprint density at radius 3 is 2.88 bits per heavy atom. The molecule has 0 saturated heterocycles. The smallest absolute Gasteiger partial charge is 0.0794 e.